The van der Waals surface area contributed by atoms with Crippen LogP contribution in [-0.2, 0) is 17.9 Å². The molecule has 2 aliphatic rings. The Kier molecular flexibility index (Phi) is 6.02. The third kappa shape index (κ3) is 4.16. The van der Waals surface area contributed by atoms with E-state index < -0.39 is 5.54 Å². The Morgan fingerprint density at radius 2 is 1.79 bits per heavy atom. The Bertz CT molecular complexity index is 1180. The highest BCUT2D eigenvalue weighted by Gasteiger charge is 2.48. The number of nitrogens with one attached hydrogen (secondary N) is 1. The van der Waals surface area contributed by atoms with E-state index in [1.807, 2.05) is 60.0 Å². The molecule has 1 unspecified atom stereocenters. The first-order valence-electron chi connectivity index (χ1n) is 12.0. The summed E-state index contributed by atoms with van der Waals surface area (Å²) in [5.41, 5.74) is 1.21. The summed E-state index contributed by atoms with van der Waals surface area (Å²) in [6, 6.07) is 15.0. The van der Waals surface area contributed by atoms with Gasteiger partial charge in [-0.05, 0) is 80.5 Å². The smallest absolute Gasteiger partial charge is 0.271 e. The molecule has 34 heavy (non-hydrogen) atoms. The van der Waals surface area contributed by atoms with Gasteiger partial charge in [-0.25, -0.2) is 0 Å². The van der Waals surface area contributed by atoms with Crippen LogP contribution in [0.25, 0.3) is 11.5 Å². The quantitative estimate of drug-likeness (QED) is 0.524. The van der Waals surface area contributed by atoms with E-state index in [1.165, 1.54) is 0 Å². The normalized spacial score (nSPS) is 24.7. The van der Waals surface area contributed by atoms with Crippen LogP contribution in [0.3, 0.4) is 0 Å². The lowest BCUT2D eigenvalue weighted by Crippen LogP contribution is -2.64. The number of carbonyl (C=O) groups excluding carboxylic acids is 2. The molecule has 6 nitrogen and oxygen atoms in total. The van der Waals surface area contributed by atoms with E-state index in [-0.39, 0.29) is 17.9 Å². The molecular formula is C27H30ClN3O3. The molecule has 1 atom stereocenters. The predicted octanol–water partition coefficient (Wildman–Crippen LogP) is 5.51. The molecule has 1 aromatic carbocycles. The minimum Gasteiger partial charge on any atom is -0.463 e. The molecule has 0 spiro atoms. The van der Waals surface area contributed by atoms with Crippen molar-refractivity contribution in [1.82, 2.24) is 14.8 Å². The fourth-order valence-electron chi connectivity index (χ4n) is 5.18. The van der Waals surface area contributed by atoms with Crippen LogP contribution < -0.4 is 5.32 Å². The van der Waals surface area contributed by atoms with Crippen molar-refractivity contribution in [2.75, 3.05) is 0 Å². The van der Waals surface area contributed by atoms with Gasteiger partial charge in [0.25, 0.3) is 5.91 Å². The van der Waals surface area contributed by atoms with Crippen molar-refractivity contribution in [2.24, 2.45) is 5.92 Å². The van der Waals surface area contributed by atoms with Crippen molar-refractivity contribution < 1.29 is 14.0 Å². The maximum absolute atomic E-state index is 13.8. The molecule has 5 rings (SSSR count). The molecule has 1 N–H and O–H groups in total. The number of nitrogens with zero attached hydrogens (tertiary/aromatic N) is 2. The predicted molar refractivity (Wildman–Crippen MR) is 131 cm³/mol. The van der Waals surface area contributed by atoms with E-state index in [0.717, 1.165) is 36.9 Å². The van der Waals surface area contributed by atoms with Crippen LogP contribution in [0, 0.1) is 5.92 Å². The Morgan fingerprint density at radius 1 is 1.09 bits per heavy atom. The van der Waals surface area contributed by atoms with E-state index in [9.17, 15) is 9.59 Å². The number of amides is 2. The van der Waals surface area contributed by atoms with Gasteiger partial charge in [0.1, 0.15) is 17.0 Å². The second kappa shape index (κ2) is 8.99. The highest BCUT2D eigenvalue weighted by atomic mass is 35.5. The molecule has 2 aromatic heterocycles. The van der Waals surface area contributed by atoms with Crippen LogP contribution in [0.1, 0.15) is 55.6 Å². The first kappa shape index (κ1) is 22.8. The van der Waals surface area contributed by atoms with Gasteiger partial charge in [0.2, 0.25) is 5.91 Å². The van der Waals surface area contributed by atoms with Crippen LogP contribution >= 0.6 is 11.6 Å². The van der Waals surface area contributed by atoms with E-state index in [4.69, 9.17) is 16.0 Å². The first-order valence-corrected chi connectivity index (χ1v) is 12.3. The largest absolute Gasteiger partial charge is 0.463 e. The Morgan fingerprint density at radius 3 is 2.47 bits per heavy atom. The van der Waals surface area contributed by atoms with Gasteiger partial charge in [0.15, 0.2) is 0 Å². The summed E-state index contributed by atoms with van der Waals surface area (Å²) in [6.07, 6.45) is 5.78. The van der Waals surface area contributed by atoms with Gasteiger partial charge < -0.3 is 19.2 Å². The Labute approximate surface area is 204 Å². The molecule has 178 valence electrons. The average molecular weight is 480 g/mol. The summed E-state index contributed by atoms with van der Waals surface area (Å²) < 4.78 is 7.53. The van der Waals surface area contributed by atoms with Gasteiger partial charge in [-0.15, -0.1) is 0 Å². The van der Waals surface area contributed by atoms with Crippen molar-refractivity contribution in [3.63, 3.8) is 0 Å². The van der Waals surface area contributed by atoms with Gasteiger partial charge in [-0.1, -0.05) is 30.7 Å². The van der Waals surface area contributed by atoms with Gasteiger partial charge >= 0.3 is 0 Å². The van der Waals surface area contributed by atoms with Crippen LogP contribution in [0.2, 0.25) is 5.02 Å². The van der Waals surface area contributed by atoms with E-state index in [2.05, 4.69) is 12.2 Å². The highest BCUT2D eigenvalue weighted by molar-refractivity contribution is 6.30. The number of aromatic nitrogens is 1. The minimum atomic E-state index is -1.06. The Balaban J connectivity index is 1.50. The van der Waals surface area contributed by atoms with E-state index in [1.54, 1.807) is 11.2 Å². The summed E-state index contributed by atoms with van der Waals surface area (Å²) in [6.45, 7) is 4.80. The molecule has 1 fully saturated rings. The third-order valence-electron chi connectivity index (χ3n) is 7.37. The lowest BCUT2D eigenvalue weighted by atomic mass is 9.86. The highest BCUT2D eigenvalue weighted by Crippen LogP contribution is 2.35. The topological polar surface area (TPSA) is 67.5 Å². The standard InChI is InChI=1S/C27H30ClN3O3/c1-18-5-11-21(12-6-18)29-26(33)27(2)17-30-22(24-4-3-15-34-24)13-14-23(30)25(32)31(27)16-19-7-9-20(28)10-8-19/h3-4,7-10,13-15,18,21H,5-6,11-12,16-17H2,1-2H3,(H,29,33). The average Bonchev–Trinajstić information content (AvgIpc) is 3.49. The number of carbonyl (C=O) groups is 2. The maximum atomic E-state index is 13.8. The number of benzene rings is 1. The SMILES string of the molecule is CC1CCC(NC(=O)C2(C)Cn3c(ccc3-c3ccco3)C(=O)N2Cc2ccc(Cl)cc2)CC1. The lowest BCUT2D eigenvalue weighted by Gasteiger charge is -2.45. The molecule has 1 aliphatic carbocycles. The van der Waals surface area contributed by atoms with Crippen molar-refractivity contribution in [2.45, 2.75) is 64.2 Å². The fraction of sp³-hybridized carbons (Fsp3) is 0.407. The molecular weight excluding hydrogens is 450 g/mol. The van der Waals surface area contributed by atoms with E-state index >= 15 is 0 Å². The number of rotatable bonds is 5. The molecule has 1 aliphatic heterocycles. The van der Waals surface area contributed by atoms with Crippen molar-refractivity contribution >= 4 is 23.4 Å². The number of hydrogen-bond donors (Lipinski definition) is 1. The van der Waals surface area contributed by atoms with Crippen LogP contribution in [-0.4, -0.2) is 32.9 Å². The minimum absolute atomic E-state index is 0.112. The number of hydrogen-bond acceptors (Lipinski definition) is 3. The molecule has 3 aromatic rings. The Hall–Kier alpha value is -2.99. The van der Waals surface area contributed by atoms with Crippen molar-refractivity contribution in [3.8, 4) is 11.5 Å². The summed E-state index contributed by atoms with van der Waals surface area (Å²) >= 11 is 6.07. The van der Waals surface area contributed by atoms with Gasteiger partial charge in [-0.3, -0.25) is 9.59 Å². The summed E-state index contributed by atoms with van der Waals surface area (Å²) in [4.78, 5) is 29.3. The number of furan rings is 1. The van der Waals surface area contributed by atoms with Crippen LogP contribution in [0.15, 0.2) is 59.2 Å². The zero-order valence-corrected chi connectivity index (χ0v) is 20.3. The first-order chi connectivity index (χ1) is 16.3. The second-order valence-electron chi connectivity index (χ2n) is 9.89. The molecule has 0 radical (unpaired) electrons. The molecule has 0 saturated heterocycles. The monoisotopic (exact) mass is 479 g/mol. The fourth-order valence-corrected chi connectivity index (χ4v) is 5.30. The second-order valence-corrected chi connectivity index (χ2v) is 10.3. The van der Waals surface area contributed by atoms with Gasteiger partial charge in [-0.2, -0.15) is 0 Å². The summed E-state index contributed by atoms with van der Waals surface area (Å²) in [7, 11) is 0. The number of fused-ring (bicyclic) bond motifs is 1. The number of halogens is 1. The zero-order valence-electron chi connectivity index (χ0n) is 19.6. The van der Waals surface area contributed by atoms with Crippen molar-refractivity contribution in [1.29, 1.82) is 0 Å². The molecule has 3 heterocycles. The summed E-state index contributed by atoms with van der Waals surface area (Å²) in [5.74, 6) is 1.09. The molecule has 0 bridgehead atoms. The zero-order chi connectivity index (χ0) is 23.9. The van der Waals surface area contributed by atoms with Crippen molar-refractivity contribution in [3.05, 3.63) is 71.1 Å². The maximum Gasteiger partial charge on any atom is 0.271 e. The molecule has 7 heteroatoms. The van der Waals surface area contributed by atoms with Gasteiger partial charge in [0, 0.05) is 17.6 Å². The van der Waals surface area contributed by atoms with Crippen LogP contribution in [0.5, 0.6) is 0 Å². The third-order valence-corrected chi connectivity index (χ3v) is 7.63. The van der Waals surface area contributed by atoms with Gasteiger partial charge in [0.05, 0.1) is 18.5 Å². The molecule has 2 amide bonds. The van der Waals surface area contributed by atoms with Crippen LogP contribution in [0.4, 0.5) is 0 Å². The molecule has 1 saturated carbocycles. The van der Waals surface area contributed by atoms with E-state index in [0.29, 0.717) is 35.5 Å². The summed E-state index contributed by atoms with van der Waals surface area (Å²) in [5, 5.41) is 3.92. The lowest BCUT2D eigenvalue weighted by molar-refractivity contribution is -0.134.